The number of para-hydroxylation sites is 1. The lowest BCUT2D eigenvalue weighted by Gasteiger charge is -2.23. The molecular formula is C49H39N3. The third kappa shape index (κ3) is 5.20. The first-order valence-corrected chi connectivity index (χ1v) is 18.0. The van der Waals surface area contributed by atoms with Crippen molar-refractivity contribution in [1.29, 1.82) is 0 Å². The monoisotopic (exact) mass is 669 g/mol. The maximum atomic E-state index is 5.41. The summed E-state index contributed by atoms with van der Waals surface area (Å²) in [6.45, 7) is 9.04. The molecule has 0 bridgehead atoms. The molecule has 0 aliphatic heterocycles. The van der Waals surface area contributed by atoms with Crippen LogP contribution in [0, 0.1) is 0 Å². The van der Waals surface area contributed by atoms with Crippen LogP contribution in [-0.4, -0.2) is 14.5 Å². The van der Waals surface area contributed by atoms with E-state index in [0.717, 1.165) is 44.7 Å². The topological polar surface area (TPSA) is 30.7 Å². The van der Waals surface area contributed by atoms with Crippen LogP contribution in [0.2, 0.25) is 0 Å². The minimum Gasteiger partial charge on any atom is -0.278 e. The van der Waals surface area contributed by atoms with Crippen LogP contribution in [0.5, 0.6) is 0 Å². The molecule has 0 amide bonds. The Kier molecular flexibility index (Phi) is 7.59. The van der Waals surface area contributed by atoms with Crippen molar-refractivity contribution in [2.45, 2.75) is 33.1 Å². The first kappa shape index (κ1) is 31.6. The van der Waals surface area contributed by atoms with E-state index in [9.17, 15) is 0 Å². The van der Waals surface area contributed by atoms with E-state index in [1.54, 1.807) is 0 Å². The lowest BCUT2D eigenvalue weighted by atomic mass is 9.81. The molecule has 2 aromatic heterocycles. The first-order chi connectivity index (χ1) is 25.4. The summed E-state index contributed by atoms with van der Waals surface area (Å²) in [5, 5.41) is 2.40. The quantitative estimate of drug-likeness (QED) is 0.176. The molecule has 6 aromatic carbocycles. The molecule has 0 unspecified atom stereocenters. The van der Waals surface area contributed by atoms with Crippen LogP contribution in [0.1, 0.15) is 38.8 Å². The fraction of sp³-hybridized carbons (Fsp3) is 0.102. The van der Waals surface area contributed by atoms with Gasteiger partial charge in [0, 0.05) is 27.3 Å². The van der Waals surface area contributed by atoms with E-state index in [4.69, 9.17) is 9.97 Å². The Morgan fingerprint density at radius 3 is 1.65 bits per heavy atom. The van der Waals surface area contributed by atoms with Gasteiger partial charge in [-0.3, -0.25) is 4.57 Å². The van der Waals surface area contributed by atoms with Gasteiger partial charge in [-0.2, -0.15) is 0 Å². The van der Waals surface area contributed by atoms with Gasteiger partial charge in [-0.1, -0.05) is 141 Å². The molecule has 0 saturated heterocycles. The average Bonchev–Trinajstić information content (AvgIpc) is 3.62. The second kappa shape index (κ2) is 12.5. The van der Waals surface area contributed by atoms with E-state index in [2.05, 4.69) is 196 Å². The zero-order valence-corrected chi connectivity index (χ0v) is 29.9. The number of allylic oxidation sites excluding steroid dienone is 4. The fourth-order valence-electron chi connectivity index (χ4n) is 8.12. The summed E-state index contributed by atoms with van der Waals surface area (Å²) in [6, 6.07) is 54.0. The van der Waals surface area contributed by atoms with Crippen molar-refractivity contribution >= 4 is 27.4 Å². The smallest absolute Gasteiger partial charge is 0.235 e. The second-order valence-corrected chi connectivity index (χ2v) is 14.3. The number of hydrogen-bond acceptors (Lipinski definition) is 2. The largest absolute Gasteiger partial charge is 0.278 e. The molecule has 1 aliphatic rings. The number of fused-ring (bicyclic) bond motifs is 4. The van der Waals surface area contributed by atoms with E-state index >= 15 is 0 Å². The number of aromatic nitrogens is 3. The summed E-state index contributed by atoms with van der Waals surface area (Å²) in [6.07, 6.45) is 4.43. The lowest BCUT2D eigenvalue weighted by molar-refractivity contribution is 0.654. The predicted molar refractivity (Wildman–Crippen MR) is 219 cm³/mol. The van der Waals surface area contributed by atoms with Crippen molar-refractivity contribution in [3.05, 3.63) is 181 Å². The van der Waals surface area contributed by atoms with E-state index in [1.165, 1.54) is 44.2 Å². The summed E-state index contributed by atoms with van der Waals surface area (Å²) in [5.74, 6) is 0.656. The first-order valence-electron chi connectivity index (χ1n) is 18.0. The predicted octanol–water partition coefficient (Wildman–Crippen LogP) is 12.9. The van der Waals surface area contributed by atoms with Gasteiger partial charge < -0.3 is 0 Å². The van der Waals surface area contributed by atoms with Gasteiger partial charge >= 0.3 is 0 Å². The maximum Gasteiger partial charge on any atom is 0.235 e. The molecule has 8 aromatic rings. The van der Waals surface area contributed by atoms with E-state index in [0.29, 0.717) is 5.95 Å². The summed E-state index contributed by atoms with van der Waals surface area (Å²) in [4.78, 5) is 10.8. The van der Waals surface area contributed by atoms with Crippen LogP contribution < -0.4 is 0 Å². The molecule has 2 heterocycles. The molecular weight excluding hydrogens is 631 g/mol. The molecule has 52 heavy (non-hydrogen) atoms. The van der Waals surface area contributed by atoms with Crippen LogP contribution in [0.25, 0.3) is 78.1 Å². The summed E-state index contributed by atoms with van der Waals surface area (Å²) >= 11 is 0. The highest BCUT2D eigenvalue weighted by Gasteiger charge is 2.36. The number of hydrogen-bond donors (Lipinski definition) is 0. The highest BCUT2D eigenvalue weighted by molar-refractivity contribution is 6.11. The van der Waals surface area contributed by atoms with Crippen LogP contribution >= 0.6 is 0 Å². The molecule has 1 aliphatic carbocycles. The molecule has 250 valence electrons. The number of nitrogens with zero attached hydrogens (tertiary/aromatic N) is 3. The molecule has 3 nitrogen and oxygen atoms in total. The Balaban J connectivity index is 1.31. The lowest BCUT2D eigenvalue weighted by Crippen LogP contribution is -2.16. The molecule has 3 heteroatoms. The molecule has 9 rings (SSSR count). The Morgan fingerprint density at radius 1 is 0.519 bits per heavy atom. The third-order valence-corrected chi connectivity index (χ3v) is 10.7. The Morgan fingerprint density at radius 2 is 1.06 bits per heavy atom. The Hall–Kier alpha value is -6.32. The molecule has 0 spiro atoms. The summed E-state index contributed by atoms with van der Waals surface area (Å²) in [7, 11) is 0. The van der Waals surface area contributed by atoms with Gasteiger partial charge in [-0.05, 0) is 94.8 Å². The fourth-order valence-corrected chi connectivity index (χ4v) is 8.12. The Labute approximate surface area is 305 Å². The van der Waals surface area contributed by atoms with Gasteiger partial charge in [-0.15, -0.1) is 0 Å². The van der Waals surface area contributed by atoms with Gasteiger partial charge in [0.05, 0.1) is 22.4 Å². The molecule has 0 N–H and O–H groups in total. The normalized spacial score (nSPS) is 13.8. The minimum absolute atomic E-state index is 0.134. The molecule has 0 fully saturated rings. The maximum absolute atomic E-state index is 5.41. The van der Waals surface area contributed by atoms with E-state index in [-0.39, 0.29) is 5.41 Å². The van der Waals surface area contributed by atoms with Gasteiger partial charge in [0.25, 0.3) is 0 Å². The molecule has 0 saturated carbocycles. The number of rotatable bonds is 6. The van der Waals surface area contributed by atoms with Crippen molar-refractivity contribution in [2.24, 2.45) is 0 Å². The van der Waals surface area contributed by atoms with Gasteiger partial charge in [-0.25, -0.2) is 9.97 Å². The second-order valence-electron chi connectivity index (χ2n) is 14.3. The van der Waals surface area contributed by atoms with E-state index in [1.807, 2.05) is 0 Å². The van der Waals surface area contributed by atoms with Crippen molar-refractivity contribution in [2.75, 3.05) is 0 Å². The van der Waals surface area contributed by atoms with E-state index < -0.39 is 0 Å². The van der Waals surface area contributed by atoms with Crippen LogP contribution in [0.15, 0.2) is 169 Å². The zero-order chi connectivity index (χ0) is 35.4. The van der Waals surface area contributed by atoms with Crippen molar-refractivity contribution in [3.8, 4) is 50.7 Å². The highest BCUT2D eigenvalue weighted by atomic mass is 15.2. The standard InChI is InChI=1S/C49H39N3/c1-5-16-42-32(2)40-29-41-39-25-12-13-26-46(39)52(47(41)30-43(40)49(42,3)4)48-50-44(37-23-14-21-35(27-37)33-17-8-6-9-18-33)31-45(51-48)38-24-15-22-36(28-38)34-19-10-7-11-20-34/h5-31H,1-4H3/b16-5-. The van der Waals surface area contributed by atoms with Crippen molar-refractivity contribution < 1.29 is 0 Å². The zero-order valence-electron chi connectivity index (χ0n) is 29.9. The summed E-state index contributed by atoms with van der Waals surface area (Å²) in [5.41, 5.74) is 15.9. The van der Waals surface area contributed by atoms with Gasteiger partial charge in [0.2, 0.25) is 5.95 Å². The minimum atomic E-state index is -0.134. The van der Waals surface area contributed by atoms with Crippen LogP contribution in [0.3, 0.4) is 0 Å². The number of benzene rings is 6. The Bertz CT molecular complexity index is 2610. The van der Waals surface area contributed by atoms with Crippen molar-refractivity contribution in [3.63, 3.8) is 0 Å². The highest BCUT2D eigenvalue weighted by Crippen LogP contribution is 2.49. The molecule has 0 radical (unpaired) electrons. The van der Waals surface area contributed by atoms with Crippen LogP contribution in [0.4, 0.5) is 0 Å². The van der Waals surface area contributed by atoms with Crippen molar-refractivity contribution in [1.82, 2.24) is 14.5 Å². The average molecular weight is 670 g/mol. The van der Waals surface area contributed by atoms with Gasteiger partial charge in [0.1, 0.15) is 0 Å². The van der Waals surface area contributed by atoms with Crippen LogP contribution in [-0.2, 0) is 5.41 Å². The summed E-state index contributed by atoms with van der Waals surface area (Å²) < 4.78 is 2.28. The third-order valence-electron chi connectivity index (χ3n) is 10.7. The van der Waals surface area contributed by atoms with Gasteiger partial charge in [0.15, 0.2) is 0 Å². The molecule has 0 atom stereocenters. The SMILES string of the molecule is C/C=C\C1=C(C)c2cc3c4ccccc4n(-c4nc(-c5cccc(-c6ccccc6)c5)cc(-c5cccc(-c6ccccc6)c5)n4)c3cc2C1(C)C.